The molecule has 0 spiro atoms. The second-order valence-electron chi connectivity index (χ2n) is 4.78. The van der Waals surface area contributed by atoms with Gasteiger partial charge in [-0.05, 0) is 24.1 Å². The van der Waals surface area contributed by atoms with Crippen molar-refractivity contribution in [1.29, 1.82) is 0 Å². The number of amides is 2. The number of hydrogen-bond donors (Lipinski definition) is 1. The van der Waals surface area contributed by atoms with Gasteiger partial charge in [0.2, 0.25) is 0 Å². The molecular weight excluding hydrogens is 255 g/mol. The monoisotopic (exact) mass is 270 g/mol. The summed E-state index contributed by atoms with van der Waals surface area (Å²) in [6.07, 6.45) is 0.864. The Balaban J connectivity index is 1.68. The van der Waals surface area contributed by atoms with E-state index in [1.54, 1.807) is 23.1 Å². The lowest BCUT2D eigenvalue weighted by Gasteiger charge is -2.18. The van der Waals surface area contributed by atoms with Gasteiger partial charge in [0.05, 0.1) is 0 Å². The van der Waals surface area contributed by atoms with E-state index in [4.69, 9.17) is 0 Å². The minimum absolute atomic E-state index is 0.182. The van der Waals surface area contributed by atoms with Crippen molar-refractivity contribution >= 4 is 11.7 Å². The van der Waals surface area contributed by atoms with Crippen LogP contribution in [0.5, 0.6) is 0 Å². The Kier molecular flexibility index (Phi) is 3.37. The highest BCUT2D eigenvalue weighted by atomic mass is 19.1. The number of carbonyl (C=O) groups is 1. The van der Waals surface area contributed by atoms with E-state index in [0.29, 0.717) is 12.1 Å². The largest absolute Gasteiger partial charge is 0.334 e. The van der Waals surface area contributed by atoms with Gasteiger partial charge in [-0.1, -0.05) is 36.4 Å². The lowest BCUT2D eigenvalue weighted by atomic mass is 10.2. The average Bonchev–Trinajstić information content (AvgIpc) is 2.90. The number of benzene rings is 2. The molecule has 1 heterocycles. The van der Waals surface area contributed by atoms with Crippen molar-refractivity contribution in [2.75, 3.05) is 11.4 Å². The van der Waals surface area contributed by atoms with E-state index in [1.807, 2.05) is 24.3 Å². The molecule has 2 aromatic rings. The topological polar surface area (TPSA) is 32.3 Å². The Morgan fingerprint density at radius 1 is 1.15 bits per heavy atom. The number of carbonyl (C=O) groups excluding carboxylic acids is 1. The van der Waals surface area contributed by atoms with E-state index >= 15 is 0 Å². The molecule has 0 atom stereocenters. The molecular formula is C16H15FN2O. The Bertz CT molecular complexity index is 642. The molecule has 0 fully saturated rings. The predicted octanol–water partition coefficient (Wildman–Crippen LogP) is 3.10. The van der Waals surface area contributed by atoms with E-state index in [9.17, 15) is 9.18 Å². The Hall–Kier alpha value is -2.36. The zero-order chi connectivity index (χ0) is 13.9. The van der Waals surface area contributed by atoms with E-state index in [2.05, 4.69) is 5.32 Å². The lowest BCUT2D eigenvalue weighted by Crippen LogP contribution is -2.38. The summed E-state index contributed by atoms with van der Waals surface area (Å²) in [5, 5.41) is 2.77. The third-order valence-corrected chi connectivity index (χ3v) is 3.52. The number of anilines is 1. The van der Waals surface area contributed by atoms with Gasteiger partial charge < -0.3 is 5.32 Å². The van der Waals surface area contributed by atoms with Crippen molar-refractivity contribution in [3.63, 3.8) is 0 Å². The van der Waals surface area contributed by atoms with Crippen LogP contribution < -0.4 is 10.2 Å². The van der Waals surface area contributed by atoms with Crippen LogP contribution in [-0.2, 0) is 13.0 Å². The second-order valence-corrected chi connectivity index (χ2v) is 4.78. The van der Waals surface area contributed by atoms with Crippen molar-refractivity contribution in [3.8, 4) is 0 Å². The van der Waals surface area contributed by atoms with Gasteiger partial charge in [0.15, 0.2) is 0 Å². The van der Waals surface area contributed by atoms with Crippen molar-refractivity contribution in [1.82, 2.24) is 5.32 Å². The first kappa shape index (κ1) is 12.7. The van der Waals surface area contributed by atoms with Gasteiger partial charge in [0.1, 0.15) is 5.82 Å². The van der Waals surface area contributed by atoms with Crippen LogP contribution in [0.1, 0.15) is 11.1 Å². The molecule has 0 radical (unpaired) electrons. The molecule has 1 aliphatic rings. The van der Waals surface area contributed by atoms with Crippen LogP contribution in [0.4, 0.5) is 14.9 Å². The summed E-state index contributed by atoms with van der Waals surface area (Å²) in [6.45, 7) is 0.868. The first-order chi connectivity index (χ1) is 9.75. The maximum atomic E-state index is 13.5. The molecule has 0 aromatic heterocycles. The Morgan fingerprint density at radius 2 is 1.90 bits per heavy atom. The number of halogens is 1. The van der Waals surface area contributed by atoms with Crippen LogP contribution in [0.25, 0.3) is 0 Å². The normalized spacial score (nSPS) is 13.2. The fourth-order valence-corrected chi connectivity index (χ4v) is 2.46. The Labute approximate surface area is 117 Å². The fourth-order valence-electron chi connectivity index (χ4n) is 2.46. The van der Waals surface area contributed by atoms with Crippen LogP contribution in [0.3, 0.4) is 0 Å². The number of fused-ring (bicyclic) bond motifs is 1. The van der Waals surface area contributed by atoms with Gasteiger partial charge >= 0.3 is 6.03 Å². The van der Waals surface area contributed by atoms with Crippen molar-refractivity contribution in [3.05, 3.63) is 65.5 Å². The first-order valence-corrected chi connectivity index (χ1v) is 6.62. The summed E-state index contributed by atoms with van der Waals surface area (Å²) in [5.41, 5.74) is 2.61. The predicted molar refractivity (Wildman–Crippen MR) is 76.1 cm³/mol. The minimum Gasteiger partial charge on any atom is -0.334 e. The van der Waals surface area contributed by atoms with Gasteiger partial charge in [-0.2, -0.15) is 0 Å². The van der Waals surface area contributed by atoms with Crippen LogP contribution >= 0.6 is 0 Å². The van der Waals surface area contributed by atoms with E-state index < -0.39 is 0 Å². The van der Waals surface area contributed by atoms with Crippen molar-refractivity contribution in [2.45, 2.75) is 13.0 Å². The molecule has 0 unspecified atom stereocenters. The quantitative estimate of drug-likeness (QED) is 0.893. The van der Waals surface area contributed by atoms with E-state index in [1.165, 1.54) is 11.6 Å². The van der Waals surface area contributed by atoms with Crippen molar-refractivity contribution in [2.24, 2.45) is 0 Å². The Morgan fingerprint density at radius 3 is 2.75 bits per heavy atom. The first-order valence-electron chi connectivity index (χ1n) is 6.62. The number of rotatable bonds is 2. The highest BCUT2D eigenvalue weighted by molar-refractivity contribution is 5.94. The van der Waals surface area contributed by atoms with E-state index in [0.717, 1.165) is 12.1 Å². The maximum absolute atomic E-state index is 13.5. The van der Waals surface area contributed by atoms with Crippen LogP contribution in [0, 0.1) is 5.82 Å². The van der Waals surface area contributed by atoms with Gasteiger partial charge in [-0.25, -0.2) is 9.18 Å². The molecule has 0 saturated heterocycles. The smallest absolute Gasteiger partial charge is 0.322 e. The molecule has 1 N–H and O–H groups in total. The highest BCUT2D eigenvalue weighted by Gasteiger charge is 2.23. The number of hydrogen-bond acceptors (Lipinski definition) is 1. The molecule has 3 rings (SSSR count). The molecule has 102 valence electrons. The summed E-state index contributed by atoms with van der Waals surface area (Å²) in [5.74, 6) is -0.297. The molecule has 20 heavy (non-hydrogen) atoms. The molecule has 1 aliphatic heterocycles. The number of urea groups is 1. The molecule has 4 heteroatoms. The summed E-state index contributed by atoms with van der Waals surface area (Å²) in [6, 6.07) is 14.1. The van der Waals surface area contributed by atoms with Crippen LogP contribution in [0.15, 0.2) is 48.5 Å². The molecule has 0 aliphatic carbocycles. The molecule has 2 aromatic carbocycles. The standard InChI is InChI=1S/C16H15FN2O/c17-14-7-3-1-6-13(14)11-18-16(20)19-10-9-12-5-2-4-8-15(12)19/h1-8H,9-11H2,(H,18,20). The second kappa shape index (κ2) is 5.33. The van der Waals surface area contributed by atoms with Gasteiger partial charge in [0.25, 0.3) is 0 Å². The average molecular weight is 270 g/mol. The fraction of sp³-hybridized carbons (Fsp3) is 0.188. The zero-order valence-corrected chi connectivity index (χ0v) is 11.0. The molecule has 2 amide bonds. The third kappa shape index (κ3) is 2.37. The highest BCUT2D eigenvalue weighted by Crippen LogP contribution is 2.27. The SMILES string of the molecule is O=C(NCc1ccccc1F)N1CCc2ccccc21. The third-order valence-electron chi connectivity index (χ3n) is 3.52. The minimum atomic E-state index is -0.297. The summed E-state index contributed by atoms with van der Waals surface area (Å²) < 4.78 is 13.5. The maximum Gasteiger partial charge on any atom is 0.322 e. The number of nitrogens with zero attached hydrogens (tertiary/aromatic N) is 1. The number of nitrogens with one attached hydrogen (secondary N) is 1. The summed E-state index contributed by atoms with van der Waals surface area (Å²) in [4.78, 5) is 13.9. The summed E-state index contributed by atoms with van der Waals surface area (Å²) >= 11 is 0. The van der Waals surface area contributed by atoms with Crippen LogP contribution in [0.2, 0.25) is 0 Å². The van der Waals surface area contributed by atoms with Gasteiger partial charge in [-0.3, -0.25) is 4.90 Å². The molecule has 0 bridgehead atoms. The van der Waals surface area contributed by atoms with Crippen molar-refractivity contribution < 1.29 is 9.18 Å². The lowest BCUT2D eigenvalue weighted by molar-refractivity contribution is 0.246. The van der Waals surface area contributed by atoms with Gasteiger partial charge in [0, 0.05) is 24.3 Å². The van der Waals surface area contributed by atoms with E-state index in [-0.39, 0.29) is 18.4 Å². The molecule has 0 saturated carbocycles. The molecule has 3 nitrogen and oxygen atoms in total. The number of para-hydroxylation sites is 1. The summed E-state index contributed by atoms with van der Waals surface area (Å²) in [7, 11) is 0. The van der Waals surface area contributed by atoms with Gasteiger partial charge in [-0.15, -0.1) is 0 Å². The van der Waals surface area contributed by atoms with Crippen LogP contribution in [-0.4, -0.2) is 12.6 Å². The zero-order valence-electron chi connectivity index (χ0n) is 11.0.